The number of carboxylic acids is 1. The minimum Gasteiger partial charge on any atom is -0.480 e. The molecule has 0 aliphatic rings. The summed E-state index contributed by atoms with van der Waals surface area (Å²) in [6.07, 6.45) is 0.724. The van der Waals surface area contributed by atoms with Crippen molar-refractivity contribution in [2.75, 3.05) is 0 Å². The van der Waals surface area contributed by atoms with Gasteiger partial charge in [0.05, 0.1) is 0 Å². The number of para-hydroxylation sites is 1. The van der Waals surface area contributed by atoms with Crippen molar-refractivity contribution in [2.45, 2.75) is 39.0 Å². The topological polar surface area (TPSA) is 58.6 Å². The van der Waals surface area contributed by atoms with Crippen LogP contribution in [0, 0.1) is 0 Å². The summed E-state index contributed by atoms with van der Waals surface area (Å²) in [6.45, 7) is 0.740. The smallest absolute Gasteiger partial charge is 0.387 e. The molecule has 0 amide bonds. The van der Waals surface area contributed by atoms with Crippen molar-refractivity contribution in [1.29, 1.82) is 0 Å². The van der Waals surface area contributed by atoms with E-state index in [0.29, 0.717) is 0 Å². The van der Waals surface area contributed by atoms with E-state index in [2.05, 4.69) is 10.1 Å². The molecule has 0 radical (unpaired) electrons. The van der Waals surface area contributed by atoms with Crippen LogP contribution in [0.1, 0.15) is 31.9 Å². The summed E-state index contributed by atoms with van der Waals surface area (Å²) in [4.78, 5) is 11.3. The Kier molecular flexibility index (Phi) is 5.69. The number of hydrogen-bond acceptors (Lipinski definition) is 3. The van der Waals surface area contributed by atoms with Gasteiger partial charge in [-0.3, -0.25) is 10.1 Å². The number of rotatable bonds is 7. The number of carbonyl (C=O) groups is 1. The molecule has 6 heteroatoms. The molecule has 106 valence electrons. The van der Waals surface area contributed by atoms with Crippen molar-refractivity contribution in [3.8, 4) is 5.75 Å². The lowest BCUT2D eigenvalue weighted by Crippen LogP contribution is -2.35. The Labute approximate surface area is 110 Å². The highest BCUT2D eigenvalue weighted by Gasteiger charge is 2.25. The van der Waals surface area contributed by atoms with E-state index in [-0.39, 0.29) is 17.4 Å². The third-order valence-corrected chi connectivity index (χ3v) is 2.76. The number of nitrogens with one attached hydrogen (secondary N) is 1. The molecule has 0 aromatic heterocycles. The third kappa shape index (κ3) is 4.48. The van der Waals surface area contributed by atoms with Gasteiger partial charge in [0.25, 0.3) is 0 Å². The summed E-state index contributed by atoms with van der Waals surface area (Å²) in [5.74, 6) is -1.26. The Morgan fingerprint density at radius 3 is 2.58 bits per heavy atom. The zero-order valence-corrected chi connectivity index (χ0v) is 10.8. The van der Waals surface area contributed by atoms with Gasteiger partial charge in [0.15, 0.2) is 0 Å². The lowest BCUT2D eigenvalue weighted by molar-refractivity contribution is -0.140. The summed E-state index contributed by atoms with van der Waals surface area (Å²) in [5.41, 5.74) is 0.190. The molecule has 0 saturated carbocycles. The number of halogens is 2. The van der Waals surface area contributed by atoms with Gasteiger partial charge in [-0.25, -0.2) is 0 Å². The highest BCUT2D eigenvalue weighted by Crippen LogP contribution is 2.27. The summed E-state index contributed by atoms with van der Waals surface area (Å²) in [7, 11) is 0. The third-order valence-electron chi connectivity index (χ3n) is 2.76. The highest BCUT2D eigenvalue weighted by molar-refractivity contribution is 5.76. The second-order valence-corrected chi connectivity index (χ2v) is 4.16. The Morgan fingerprint density at radius 2 is 2.05 bits per heavy atom. The van der Waals surface area contributed by atoms with Crippen LogP contribution >= 0.6 is 0 Å². The normalized spacial score (nSPS) is 14.2. The quantitative estimate of drug-likeness (QED) is 0.802. The van der Waals surface area contributed by atoms with Gasteiger partial charge in [0.1, 0.15) is 11.8 Å². The summed E-state index contributed by atoms with van der Waals surface area (Å²) >= 11 is 0. The van der Waals surface area contributed by atoms with Crippen LogP contribution in [-0.2, 0) is 4.79 Å². The van der Waals surface area contributed by atoms with Gasteiger partial charge in [-0.05, 0) is 19.4 Å². The largest absolute Gasteiger partial charge is 0.480 e. The number of alkyl halides is 2. The van der Waals surface area contributed by atoms with Crippen molar-refractivity contribution >= 4 is 5.97 Å². The zero-order chi connectivity index (χ0) is 14.4. The zero-order valence-electron chi connectivity index (χ0n) is 10.8. The van der Waals surface area contributed by atoms with Crippen LogP contribution in [0.5, 0.6) is 5.75 Å². The van der Waals surface area contributed by atoms with E-state index in [9.17, 15) is 18.7 Å². The monoisotopic (exact) mass is 273 g/mol. The van der Waals surface area contributed by atoms with E-state index >= 15 is 0 Å². The molecule has 1 aromatic carbocycles. The Bertz CT molecular complexity index is 426. The first-order chi connectivity index (χ1) is 8.95. The Hall–Kier alpha value is -1.69. The molecule has 2 atom stereocenters. The molecule has 0 bridgehead atoms. The van der Waals surface area contributed by atoms with Crippen molar-refractivity contribution in [1.82, 2.24) is 5.32 Å². The second kappa shape index (κ2) is 7.04. The van der Waals surface area contributed by atoms with Gasteiger partial charge >= 0.3 is 12.6 Å². The van der Waals surface area contributed by atoms with Gasteiger partial charge in [-0.2, -0.15) is 8.78 Å². The van der Waals surface area contributed by atoms with Crippen LogP contribution in [0.25, 0.3) is 0 Å². The average Bonchev–Trinajstić information content (AvgIpc) is 2.35. The molecule has 1 aromatic rings. The predicted molar refractivity (Wildman–Crippen MR) is 66.3 cm³/mol. The van der Waals surface area contributed by atoms with Crippen LogP contribution in [0.3, 0.4) is 0 Å². The molecule has 19 heavy (non-hydrogen) atoms. The second-order valence-electron chi connectivity index (χ2n) is 4.16. The molecular weight excluding hydrogens is 256 g/mol. The van der Waals surface area contributed by atoms with Crippen molar-refractivity contribution in [3.63, 3.8) is 0 Å². The highest BCUT2D eigenvalue weighted by atomic mass is 19.3. The van der Waals surface area contributed by atoms with Crippen LogP contribution < -0.4 is 10.1 Å². The summed E-state index contributed by atoms with van der Waals surface area (Å²) in [6, 6.07) is 4.76. The van der Waals surface area contributed by atoms with Crippen LogP contribution in [-0.4, -0.2) is 23.7 Å². The van der Waals surface area contributed by atoms with Gasteiger partial charge in [-0.1, -0.05) is 25.1 Å². The fourth-order valence-corrected chi connectivity index (χ4v) is 1.62. The van der Waals surface area contributed by atoms with Gasteiger partial charge in [-0.15, -0.1) is 0 Å². The molecule has 2 unspecified atom stereocenters. The predicted octanol–water partition coefficient (Wildman–Crippen LogP) is 2.80. The van der Waals surface area contributed by atoms with Crippen molar-refractivity contribution < 1.29 is 23.4 Å². The van der Waals surface area contributed by atoms with E-state index in [1.165, 1.54) is 18.2 Å². The molecule has 0 saturated heterocycles. The number of aliphatic carboxylic acids is 1. The standard InChI is InChI=1S/C13H17F2NO3/c1-3-8(2)16-11(12(17)18)9-6-4-5-7-10(9)19-13(14)15/h4-8,11,13,16H,3H2,1-2H3,(H,17,18). The molecule has 1 rings (SSSR count). The minimum atomic E-state index is -2.99. The summed E-state index contributed by atoms with van der Waals surface area (Å²) in [5, 5.41) is 12.1. The molecule has 4 nitrogen and oxygen atoms in total. The molecular formula is C13H17F2NO3. The molecule has 2 N–H and O–H groups in total. The maximum atomic E-state index is 12.3. The van der Waals surface area contributed by atoms with E-state index in [1.807, 2.05) is 13.8 Å². The van der Waals surface area contributed by atoms with Crippen molar-refractivity contribution in [3.05, 3.63) is 29.8 Å². The van der Waals surface area contributed by atoms with Crippen LogP contribution in [0.15, 0.2) is 24.3 Å². The van der Waals surface area contributed by atoms with E-state index in [1.54, 1.807) is 6.07 Å². The first-order valence-electron chi connectivity index (χ1n) is 5.98. The Morgan fingerprint density at radius 1 is 1.42 bits per heavy atom. The SMILES string of the molecule is CCC(C)NC(C(=O)O)c1ccccc1OC(F)F. The van der Waals surface area contributed by atoms with Crippen LogP contribution in [0.2, 0.25) is 0 Å². The maximum absolute atomic E-state index is 12.3. The lowest BCUT2D eigenvalue weighted by atomic mass is 10.0. The van der Waals surface area contributed by atoms with E-state index in [0.717, 1.165) is 6.42 Å². The maximum Gasteiger partial charge on any atom is 0.387 e. The van der Waals surface area contributed by atoms with Gasteiger partial charge < -0.3 is 9.84 Å². The Balaban J connectivity index is 3.04. The van der Waals surface area contributed by atoms with E-state index in [4.69, 9.17) is 0 Å². The van der Waals surface area contributed by atoms with Crippen molar-refractivity contribution in [2.24, 2.45) is 0 Å². The molecule has 0 spiro atoms. The van der Waals surface area contributed by atoms with Crippen LogP contribution in [0.4, 0.5) is 8.78 Å². The molecule has 0 heterocycles. The lowest BCUT2D eigenvalue weighted by Gasteiger charge is -2.21. The molecule has 0 aliphatic heterocycles. The number of benzene rings is 1. The number of hydrogen-bond donors (Lipinski definition) is 2. The first-order valence-corrected chi connectivity index (χ1v) is 5.98. The van der Waals surface area contributed by atoms with E-state index < -0.39 is 18.6 Å². The average molecular weight is 273 g/mol. The number of ether oxygens (including phenoxy) is 1. The number of carboxylic acid groups (broad SMARTS) is 1. The first kappa shape index (κ1) is 15.4. The minimum absolute atomic E-state index is 0.0549. The van der Waals surface area contributed by atoms with Gasteiger partial charge in [0.2, 0.25) is 0 Å². The molecule has 0 aliphatic carbocycles. The molecule has 0 fully saturated rings. The fourth-order valence-electron chi connectivity index (χ4n) is 1.62. The van der Waals surface area contributed by atoms with Gasteiger partial charge in [0, 0.05) is 11.6 Å². The fraction of sp³-hybridized carbons (Fsp3) is 0.462. The summed E-state index contributed by atoms with van der Waals surface area (Å²) < 4.78 is 29.0.